The Hall–Kier alpha value is -3.69. The molecule has 0 saturated carbocycles. The molecule has 2 aromatic carbocycles. The number of hydrogen-bond donors (Lipinski definition) is 2. The number of aryl methyl sites for hydroxylation is 1. The summed E-state index contributed by atoms with van der Waals surface area (Å²) < 4.78 is 6.82. The number of nitrogens with one attached hydrogen (secondary N) is 2. The zero-order chi connectivity index (χ0) is 22.7. The minimum atomic E-state index is -0.660. The van der Waals surface area contributed by atoms with E-state index < -0.39 is 24.4 Å². The maximum absolute atomic E-state index is 12.5. The van der Waals surface area contributed by atoms with Gasteiger partial charge in [-0.3, -0.25) is 20.4 Å². The molecule has 0 saturated heterocycles. The van der Waals surface area contributed by atoms with Gasteiger partial charge in [-0.05, 0) is 49.4 Å². The van der Waals surface area contributed by atoms with Crippen molar-refractivity contribution in [1.82, 2.24) is 20.6 Å². The van der Waals surface area contributed by atoms with Crippen LogP contribution in [0, 0.1) is 6.92 Å². The van der Waals surface area contributed by atoms with Crippen LogP contribution < -0.4 is 10.9 Å². The van der Waals surface area contributed by atoms with Crippen molar-refractivity contribution in [2.24, 2.45) is 0 Å². The summed E-state index contributed by atoms with van der Waals surface area (Å²) in [6.45, 7) is 1.31. The third-order valence-electron chi connectivity index (χ3n) is 4.50. The maximum Gasteiger partial charge on any atom is 0.348 e. The number of carbonyl (C=O) groups excluding carboxylic acids is 3. The Morgan fingerprint density at radius 2 is 1.78 bits per heavy atom. The molecule has 162 valence electrons. The van der Waals surface area contributed by atoms with Gasteiger partial charge in [0.05, 0.1) is 11.4 Å². The summed E-state index contributed by atoms with van der Waals surface area (Å²) in [5, 5.41) is 5.95. The molecule has 0 unspecified atom stereocenters. The molecule has 4 rings (SSSR count). The summed E-state index contributed by atoms with van der Waals surface area (Å²) in [7, 11) is 0. The number of rotatable bonds is 5. The molecule has 4 aromatic rings. The van der Waals surface area contributed by atoms with Crippen LogP contribution in [0.5, 0.6) is 0 Å². The lowest BCUT2D eigenvalue weighted by Gasteiger charge is -2.07. The fourth-order valence-electron chi connectivity index (χ4n) is 2.93. The quantitative estimate of drug-likeness (QED) is 0.343. The number of carbonyl (C=O) groups is 3. The van der Waals surface area contributed by atoms with Crippen LogP contribution in [0.2, 0.25) is 5.02 Å². The molecular formula is C22H17ClN4O4S. The Balaban J connectivity index is 1.38. The number of nitrogens with zero attached hydrogens (tertiary/aromatic N) is 2. The largest absolute Gasteiger partial charge is 0.451 e. The number of ether oxygens (including phenoxy) is 1. The van der Waals surface area contributed by atoms with Crippen LogP contribution in [0.1, 0.15) is 25.7 Å². The normalized spacial score (nSPS) is 10.7. The van der Waals surface area contributed by atoms with Crippen molar-refractivity contribution in [2.75, 3.05) is 6.61 Å². The first-order chi connectivity index (χ1) is 15.4. The molecule has 10 heteroatoms. The van der Waals surface area contributed by atoms with Crippen LogP contribution in [-0.2, 0) is 9.53 Å². The molecule has 0 bridgehead atoms. The highest BCUT2D eigenvalue weighted by Gasteiger charge is 2.19. The van der Waals surface area contributed by atoms with Crippen LogP contribution in [0.15, 0.2) is 60.7 Å². The standard InChI is InChI=1S/C22H17ClN4O4S/c1-13-17-11-18(32-21(17)27(26-13)16-9-7-15(23)8-10-16)22(30)31-12-19(28)24-25-20(29)14-5-3-2-4-6-14/h2-11H,12H2,1H3,(H,24,28)(H,25,29). The van der Waals surface area contributed by atoms with Crippen molar-refractivity contribution in [3.05, 3.63) is 81.8 Å². The fourth-order valence-corrected chi connectivity index (χ4v) is 4.13. The minimum absolute atomic E-state index is 0.337. The number of halogens is 1. The number of aromatic nitrogens is 2. The molecule has 0 spiro atoms. The molecule has 0 atom stereocenters. The van der Waals surface area contributed by atoms with E-state index in [1.54, 1.807) is 53.2 Å². The highest BCUT2D eigenvalue weighted by atomic mass is 35.5. The zero-order valence-electron chi connectivity index (χ0n) is 16.8. The van der Waals surface area contributed by atoms with Crippen molar-refractivity contribution in [2.45, 2.75) is 6.92 Å². The molecule has 2 aromatic heterocycles. The zero-order valence-corrected chi connectivity index (χ0v) is 18.4. The molecular weight excluding hydrogens is 452 g/mol. The lowest BCUT2D eigenvalue weighted by atomic mass is 10.2. The second-order valence-electron chi connectivity index (χ2n) is 6.75. The Bertz CT molecular complexity index is 1300. The van der Waals surface area contributed by atoms with Gasteiger partial charge in [-0.1, -0.05) is 29.8 Å². The summed E-state index contributed by atoms with van der Waals surface area (Å²) in [6, 6.07) is 17.3. The lowest BCUT2D eigenvalue weighted by molar-refractivity contribution is -0.125. The van der Waals surface area contributed by atoms with Gasteiger partial charge in [0.25, 0.3) is 11.8 Å². The summed E-state index contributed by atoms with van der Waals surface area (Å²) in [5.41, 5.74) is 6.44. The molecule has 0 radical (unpaired) electrons. The van der Waals surface area contributed by atoms with Crippen molar-refractivity contribution in [1.29, 1.82) is 0 Å². The number of benzene rings is 2. The van der Waals surface area contributed by atoms with E-state index in [9.17, 15) is 14.4 Å². The van der Waals surface area contributed by atoms with E-state index in [0.29, 0.717) is 15.5 Å². The first-order valence-electron chi connectivity index (χ1n) is 9.49. The van der Waals surface area contributed by atoms with E-state index in [-0.39, 0.29) is 0 Å². The Labute approximate surface area is 191 Å². The Morgan fingerprint density at radius 3 is 2.50 bits per heavy atom. The molecule has 2 amide bonds. The van der Waals surface area contributed by atoms with Gasteiger partial charge in [0.2, 0.25) is 0 Å². The van der Waals surface area contributed by atoms with Crippen LogP contribution in [0.4, 0.5) is 0 Å². The van der Waals surface area contributed by atoms with E-state index in [1.165, 1.54) is 11.3 Å². The molecule has 2 N–H and O–H groups in total. The number of hydrogen-bond acceptors (Lipinski definition) is 6. The summed E-state index contributed by atoms with van der Waals surface area (Å²) in [5.74, 6) is -1.78. The predicted molar refractivity (Wildman–Crippen MR) is 121 cm³/mol. The van der Waals surface area contributed by atoms with E-state index >= 15 is 0 Å². The van der Waals surface area contributed by atoms with Crippen LogP contribution in [0.25, 0.3) is 15.9 Å². The molecule has 0 fully saturated rings. The Kier molecular flexibility index (Phi) is 6.20. The van der Waals surface area contributed by atoms with Gasteiger partial charge in [0.1, 0.15) is 9.71 Å². The predicted octanol–water partition coefficient (Wildman–Crippen LogP) is 3.67. The van der Waals surface area contributed by atoms with Crippen LogP contribution in [-0.4, -0.2) is 34.2 Å². The number of fused-ring (bicyclic) bond motifs is 1. The van der Waals surface area contributed by atoms with E-state index in [0.717, 1.165) is 21.6 Å². The van der Waals surface area contributed by atoms with Crippen LogP contribution in [0.3, 0.4) is 0 Å². The minimum Gasteiger partial charge on any atom is -0.451 e. The van der Waals surface area contributed by atoms with Gasteiger partial charge in [-0.25, -0.2) is 9.48 Å². The van der Waals surface area contributed by atoms with Gasteiger partial charge >= 0.3 is 5.97 Å². The molecule has 0 aliphatic heterocycles. The molecule has 2 heterocycles. The number of esters is 1. The third kappa shape index (κ3) is 4.63. The number of thiophene rings is 1. The maximum atomic E-state index is 12.5. The Morgan fingerprint density at radius 1 is 1.06 bits per heavy atom. The van der Waals surface area contributed by atoms with Gasteiger partial charge in [0, 0.05) is 16.0 Å². The van der Waals surface area contributed by atoms with Gasteiger partial charge in [-0.15, -0.1) is 11.3 Å². The molecule has 32 heavy (non-hydrogen) atoms. The average molecular weight is 469 g/mol. The fraction of sp³-hybridized carbons (Fsp3) is 0.0909. The van der Waals surface area contributed by atoms with E-state index in [2.05, 4.69) is 16.0 Å². The third-order valence-corrected chi connectivity index (χ3v) is 5.85. The van der Waals surface area contributed by atoms with Crippen molar-refractivity contribution >= 4 is 50.9 Å². The van der Waals surface area contributed by atoms with Crippen molar-refractivity contribution < 1.29 is 19.1 Å². The summed E-state index contributed by atoms with van der Waals surface area (Å²) >= 11 is 7.17. The second kappa shape index (κ2) is 9.21. The van der Waals surface area contributed by atoms with Crippen LogP contribution >= 0.6 is 22.9 Å². The monoisotopic (exact) mass is 468 g/mol. The first-order valence-corrected chi connectivity index (χ1v) is 10.7. The molecule has 0 aliphatic carbocycles. The van der Waals surface area contributed by atoms with Gasteiger partial charge < -0.3 is 4.74 Å². The smallest absolute Gasteiger partial charge is 0.348 e. The summed E-state index contributed by atoms with van der Waals surface area (Å²) in [6.07, 6.45) is 0. The van der Waals surface area contributed by atoms with Crippen molar-refractivity contribution in [3.63, 3.8) is 0 Å². The number of amides is 2. The highest BCUT2D eigenvalue weighted by Crippen LogP contribution is 2.31. The average Bonchev–Trinajstić information content (AvgIpc) is 3.37. The second-order valence-corrected chi connectivity index (χ2v) is 8.21. The molecule has 0 aliphatic rings. The van der Waals surface area contributed by atoms with E-state index in [1.807, 2.05) is 19.1 Å². The van der Waals surface area contributed by atoms with Crippen molar-refractivity contribution in [3.8, 4) is 5.69 Å². The topological polar surface area (TPSA) is 102 Å². The summed E-state index contributed by atoms with van der Waals surface area (Å²) in [4.78, 5) is 37.4. The molecule has 8 nitrogen and oxygen atoms in total. The van der Waals surface area contributed by atoms with Gasteiger partial charge in [-0.2, -0.15) is 5.10 Å². The number of hydrazine groups is 1. The highest BCUT2D eigenvalue weighted by molar-refractivity contribution is 7.20. The first kappa shape index (κ1) is 21.5. The lowest BCUT2D eigenvalue weighted by Crippen LogP contribution is -2.43. The van der Waals surface area contributed by atoms with Gasteiger partial charge in [0.15, 0.2) is 6.61 Å². The van der Waals surface area contributed by atoms with E-state index in [4.69, 9.17) is 16.3 Å². The SMILES string of the molecule is Cc1nn(-c2ccc(Cl)cc2)c2sc(C(=O)OCC(=O)NNC(=O)c3ccccc3)cc12.